The molecule has 1 heterocycles. The number of aromatic nitrogens is 2. The van der Waals surface area contributed by atoms with Crippen LogP contribution < -0.4 is 16.3 Å². The van der Waals surface area contributed by atoms with Gasteiger partial charge in [0.2, 0.25) is 0 Å². The van der Waals surface area contributed by atoms with Crippen LogP contribution in [0.3, 0.4) is 0 Å². The molecule has 0 unspecified atom stereocenters. The molecule has 0 aliphatic carbocycles. The molecular weight excluding hydrogens is 240 g/mol. The summed E-state index contributed by atoms with van der Waals surface area (Å²) in [6.07, 6.45) is 0. The van der Waals surface area contributed by atoms with Gasteiger partial charge in [0.1, 0.15) is 17.3 Å². The molecule has 0 saturated heterocycles. The second-order valence-corrected chi connectivity index (χ2v) is 5.49. The average Bonchev–Trinajstić information content (AvgIpc) is 2.66. The summed E-state index contributed by atoms with van der Waals surface area (Å²) in [5.74, 6) is 7.92. The van der Waals surface area contributed by atoms with E-state index in [1.807, 2.05) is 45.0 Å². The summed E-state index contributed by atoms with van der Waals surface area (Å²) >= 11 is 0. The Kier molecular flexibility index (Phi) is 3.14. The van der Waals surface area contributed by atoms with Crippen molar-refractivity contribution in [2.75, 3.05) is 18.7 Å². The number of benzene rings is 1. The van der Waals surface area contributed by atoms with Crippen LogP contribution in [-0.2, 0) is 5.41 Å². The van der Waals surface area contributed by atoms with Crippen molar-refractivity contribution < 1.29 is 4.74 Å². The number of nitrogens with zero attached hydrogens (tertiary/aromatic N) is 2. The lowest BCUT2D eigenvalue weighted by atomic mass is 9.96. The SMILES string of the molecule is COc1ccccc1-c1nc(C(C)(C)C)n(N)c1N. The molecule has 102 valence electrons. The van der Waals surface area contributed by atoms with Gasteiger partial charge in [-0.3, -0.25) is 0 Å². The number of anilines is 1. The van der Waals surface area contributed by atoms with E-state index in [-0.39, 0.29) is 5.41 Å². The average molecular weight is 260 g/mol. The van der Waals surface area contributed by atoms with E-state index in [0.29, 0.717) is 11.5 Å². The highest BCUT2D eigenvalue weighted by Crippen LogP contribution is 2.35. The zero-order valence-electron chi connectivity index (χ0n) is 11.8. The van der Waals surface area contributed by atoms with E-state index in [9.17, 15) is 0 Å². The van der Waals surface area contributed by atoms with E-state index in [4.69, 9.17) is 16.3 Å². The monoisotopic (exact) mass is 260 g/mol. The first-order valence-electron chi connectivity index (χ1n) is 6.13. The lowest BCUT2D eigenvalue weighted by Crippen LogP contribution is -2.24. The molecule has 2 aromatic rings. The summed E-state index contributed by atoms with van der Waals surface area (Å²) in [5, 5.41) is 0. The van der Waals surface area contributed by atoms with Crippen LogP contribution in [0, 0.1) is 0 Å². The van der Waals surface area contributed by atoms with Gasteiger partial charge in [-0.2, -0.15) is 0 Å². The van der Waals surface area contributed by atoms with Crippen molar-refractivity contribution in [2.24, 2.45) is 0 Å². The number of methoxy groups -OCH3 is 1. The molecule has 2 rings (SSSR count). The van der Waals surface area contributed by atoms with Crippen molar-refractivity contribution in [3.63, 3.8) is 0 Å². The van der Waals surface area contributed by atoms with Gasteiger partial charge in [0, 0.05) is 11.0 Å². The molecule has 1 aromatic carbocycles. The molecular formula is C14H20N4O. The Morgan fingerprint density at radius 2 is 1.84 bits per heavy atom. The number of imidazole rings is 1. The van der Waals surface area contributed by atoms with Gasteiger partial charge in [-0.15, -0.1) is 0 Å². The minimum Gasteiger partial charge on any atom is -0.496 e. The lowest BCUT2D eigenvalue weighted by Gasteiger charge is -2.17. The predicted octanol–water partition coefficient (Wildman–Crippen LogP) is 2.15. The Morgan fingerprint density at radius 3 is 2.37 bits per heavy atom. The molecule has 0 radical (unpaired) electrons. The maximum absolute atomic E-state index is 6.08. The second kappa shape index (κ2) is 4.50. The van der Waals surface area contributed by atoms with E-state index >= 15 is 0 Å². The number of para-hydroxylation sites is 1. The number of rotatable bonds is 2. The van der Waals surface area contributed by atoms with Crippen LogP contribution in [-0.4, -0.2) is 16.8 Å². The lowest BCUT2D eigenvalue weighted by molar-refractivity contribution is 0.416. The number of hydrogen-bond acceptors (Lipinski definition) is 4. The van der Waals surface area contributed by atoms with Gasteiger partial charge in [0.15, 0.2) is 5.82 Å². The van der Waals surface area contributed by atoms with Crippen molar-refractivity contribution in [1.29, 1.82) is 0 Å². The highest BCUT2D eigenvalue weighted by atomic mass is 16.5. The quantitative estimate of drug-likeness (QED) is 0.811. The van der Waals surface area contributed by atoms with Crippen LogP contribution in [0.25, 0.3) is 11.3 Å². The Bertz CT molecular complexity index is 596. The van der Waals surface area contributed by atoms with E-state index in [1.54, 1.807) is 7.11 Å². The van der Waals surface area contributed by atoms with E-state index in [2.05, 4.69) is 4.98 Å². The molecule has 0 aliphatic rings. The van der Waals surface area contributed by atoms with Gasteiger partial charge in [0.25, 0.3) is 0 Å². The van der Waals surface area contributed by atoms with Crippen molar-refractivity contribution in [3.05, 3.63) is 30.1 Å². The summed E-state index contributed by atoms with van der Waals surface area (Å²) in [6.45, 7) is 6.14. The first-order valence-corrected chi connectivity index (χ1v) is 6.13. The third kappa shape index (κ3) is 2.23. The summed E-state index contributed by atoms with van der Waals surface area (Å²) in [6, 6.07) is 7.62. The highest BCUT2D eigenvalue weighted by Gasteiger charge is 2.25. The fraction of sp³-hybridized carbons (Fsp3) is 0.357. The van der Waals surface area contributed by atoms with Crippen LogP contribution >= 0.6 is 0 Å². The Hall–Kier alpha value is -2.17. The van der Waals surface area contributed by atoms with E-state index in [1.165, 1.54) is 4.68 Å². The van der Waals surface area contributed by atoms with E-state index in [0.717, 1.165) is 17.1 Å². The molecule has 0 spiro atoms. The Morgan fingerprint density at radius 1 is 1.21 bits per heavy atom. The van der Waals surface area contributed by atoms with Gasteiger partial charge < -0.3 is 16.3 Å². The maximum atomic E-state index is 6.08. The Balaban J connectivity index is 2.64. The molecule has 5 heteroatoms. The molecule has 5 nitrogen and oxygen atoms in total. The molecule has 0 saturated carbocycles. The summed E-state index contributed by atoms with van der Waals surface area (Å²) in [5.41, 5.74) is 7.40. The molecule has 19 heavy (non-hydrogen) atoms. The van der Waals surface area contributed by atoms with Gasteiger partial charge in [-0.05, 0) is 12.1 Å². The summed E-state index contributed by atoms with van der Waals surface area (Å²) in [7, 11) is 1.62. The van der Waals surface area contributed by atoms with Crippen LogP contribution in [0.1, 0.15) is 26.6 Å². The number of nitrogen functional groups attached to an aromatic ring is 2. The van der Waals surface area contributed by atoms with Gasteiger partial charge in [-0.1, -0.05) is 32.9 Å². The van der Waals surface area contributed by atoms with Gasteiger partial charge in [0.05, 0.1) is 7.11 Å². The third-order valence-corrected chi connectivity index (χ3v) is 2.98. The smallest absolute Gasteiger partial charge is 0.151 e. The van der Waals surface area contributed by atoms with E-state index < -0.39 is 0 Å². The van der Waals surface area contributed by atoms with Crippen molar-refractivity contribution in [3.8, 4) is 17.0 Å². The number of nitrogens with two attached hydrogens (primary N) is 2. The van der Waals surface area contributed by atoms with Crippen LogP contribution in [0.2, 0.25) is 0 Å². The second-order valence-electron chi connectivity index (χ2n) is 5.49. The van der Waals surface area contributed by atoms with Crippen molar-refractivity contribution >= 4 is 5.82 Å². The normalized spacial score (nSPS) is 11.6. The van der Waals surface area contributed by atoms with Crippen molar-refractivity contribution in [1.82, 2.24) is 9.66 Å². The van der Waals surface area contributed by atoms with Crippen LogP contribution in [0.4, 0.5) is 5.82 Å². The molecule has 0 aliphatic heterocycles. The minimum atomic E-state index is -0.177. The van der Waals surface area contributed by atoms with Gasteiger partial charge >= 0.3 is 0 Å². The number of ether oxygens (including phenoxy) is 1. The van der Waals surface area contributed by atoms with Crippen LogP contribution in [0.15, 0.2) is 24.3 Å². The summed E-state index contributed by atoms with van der Waals surface area (Å²) in [4.78, 5) is 4.59. The number of hydrogen-bond donors (Lipinski definition) is 2. The summed E-state index contributed by atoms with van der Waals surface area (Å²) < 4.78 is 6.79. The fourth-order valence-electron chi connectivity index (χ4n) is 2.01. The third-order valence-electron chi connectivity index (χ3n) is 2.98. The molecule has 0 bridgehead atoms. The minimum absolute atomic E-state index is 0.177. The molecule has 4 N–H and O–H groups in total. The first kappa shape index (κ1) is 13.3. The fourth-order valence-corrected chi connectivity index (χ4v) is 2.01. The molecule has 0 atom stereocenters. The molecule has 0 amide bonds. The zero-order valence-corrected chi connectivity index (χ0v) is 11.8. The topological polar surface area (TPSA) is 79.1 Å². The van der Waals surface area contributed by atoms with Crippen molar-refractivity contribution in [2.45, 2.75) is 26.2 Å². The zero-order chi connectivity index (χ0) is 14.2. The maximum Gasteiger partial charge on any atom is 0.151 e. The standard InChI is InChI=1S/C14H20N4O/c1-14(2,3)13-17-11(12(15)18(13)16)9-7-5-6-8-10(9)19-4/h5-8H,15-16H2,1-4H3. The molecule has 0 fully saturated rings. The first-order chi connectivity index (χ1) is 8.86. The van der Waals surface area contributed by atoms with Crippen LogP contribution in [0.5, 0.6) is 5.75 Å². The molecule has 1 aromatic heterocycles. The van der Waals surface area contributed by atoms with Gasteiger partial charge in [-0.25, -0.2) is 9.66 Å². The Labute approximate surface area is 113 Å². The largest absolute Gasteiger partial charge is 0.496 e. The highest BCUT2D eigenvalue weighted by molar-refractivity contribution is 5.76. The predicted molar refractivity (Wildman–Crippen MR) is 77.5 cm³/mol.